The lowest BCUT2D eigenvalue weighted by Crippen LogP contribution is -2.13. The highest BCUT2D eigenvalue weighted by molar-refractivity contribution is 9.10. The van der Waals surface area contributed by atoms with E-state index in [0.29, 0.717) is 12.2 Å². The maximum absolute atomic E-state index is 12.0. The number of methoxy groups -OCH3 is 1. The van der Waals surface area contributed by atoms with Gasteiger partial charge in [-0.1, -0.05) is 33.8 Å². The molecular weight excluding hydrogens is 516 g/mol. The zero-order valence-electron chi connectivity index (χ0n) is 19.4. The van der Waals surface area contributed by atoms with Crippen LogP contribution >= 0.6 is 27.7 Å². The van der Waals surface area contributed by atoms with E-state index in [1.165, 1.54) is 7.11 Å². The van der Waals surface area contributed by atoms with E-state index in [4.69, 9.17) is 9.73 Å². The molecule has 34 heavy (non-hydrogen) atoms. The number of carbonyl (C=O) groups is 1. The molecule has 0 N–H and O–H groups in total. The van der Waals surface area contributed by atoms with Gasteiger partial charge in [-0.25, -0.2) is 0 Å². The second-order valence-electron chi connectivity index (χ2n) is 8.17. The van der Waals surface area contributed by atoms with Crippen LogP contribution in [0.4, 0.5) is 0 Å². The zero-order chi connectivity index (χ0) is 24.1. The van der Waals surface area contributed by atoms with E-state index < -0.39 is 0 Å². The fourth-order valence-corrected chi connectivity index (χ4v) is 5.03. The van der Waals surface area contributed by atoms with Crippen LogP contribution in [-0.2, 0) is 9.53 Å². The van der Waals surface area contributed by atoms with Crippen LogP contribution in [-0.4, -0.2) is 69.8 Å². The van der Waals surface area contributed by atoms with Crippen molar-refractivity contribution in [3.63, 3.8) is 0 Å². The normalized spacial score (nSPS) is 14.9. The van der Waals surface area contributed by atoms with Crippen molar-refractivity contribution in [2.45, 2.75) is 30.5 Å². The Hall–Kier alpha value is -2.56. The van der Waals surface area contributed by atoms with Gasteiger partial charge in [0, 0.05) is 28.4 Å². The number of hydrogen-bond acceptors (Lipinski definition) is 8. The molecule has 0 spiro atoms. The Morgan fingerprint density at radius 3 is 2.82 bits per heavy atom. The summed E-state index contributed by atoms with van der Waals surface area (Å²) >= 11 is 5.30. The molecule has 0 amide bonds. The summed E-state index contributed by atoms with van der Waals surface area (Å²) in [5, 5.41) is 9.90. The number of pyridine rings is 1. The van der Waals surface area contributed by atoms with Gasteiger partial charge in [0.2, 0.25) is 0 Å². The highest BCUT2D eigenvalue weighted by Gasteiger charge is 2.30. The Bertz CT molecular complexity index is 1180. The number of benzene rings is 1. The van der Waals surface area contributed by atoms with Gasteiger partial charge in [-0.15, -0.1) is 10.2 Å². The minimum absolute atomic E-state index is 0.234. The van der Waals surface area contributed by atoms with E-state index in [-0.39, 0.29) is 18.4 Å². The van der Waals surface area contributed by atoms with Crippen molar-refractivity contribution in [3.8, 4) is 5.69 Å². The van der Waals surface area contributed by atoms with Crippen LogP contribution in [0.2, 0.25) is 0 Å². The lowest BCUT2D eigenvalue weighted by Gasteiger charge is -2.14. The van der Waals surface area contributed by atoms with Gasteiger partial charge in [0.05, 0.1) is 24.2 Å². The third kappa shape index (κ3) is 5.56. The number of esters is 1. The summed E-state index contributed by atoms with van der Waals surface area (Å²) in [4.78, 5) is 23.8. The van der Waals surface area contributed by atoms with Crippen LogP contribution < -0.4 is 0 Å². The van der Waals surface area contributed by atoms with Crippen molar-refractivity contribution >= 4 is 39.4 Å². The fourth-order valence-electron chi connectivity index (χ4n) is 3.79. The van der Waals surface area contributed by atoms with Gasteiger partial charge in [-0.3, -0.25) is 19.3 Å². The number of halogens is 1. The van der Waals surface area contributed by atoms with Crippen LogP contribution in [0.5, 0.6) is 0 Å². The minimum Gasteiger partial charge on any atom is -0.469 e. The summed E-state index contributed by atoms with van der Waals surface area (Å²) in [5.74, 6) is 1.36. The Kier molecular flexibility index (Phi) is 8.12. The van der Waals surface area contributed by atoms with Crippen molar-refractivity contribution < 1.29 is 9.53 Å². The predicted octanol–water partition coefficient (Wildman–Crippen LogP) is 4.31. The highest BCUT2D eigenvalue weighted by atomic mass is 79.9. The molecule has 0 fully saturated rings. The van der Waals surface area contributed by atoms with Crippen molar-refractivity contribution in [1.29, 1.82) is 0 Å². The van der Waals surface area contributed by atoms with Gasteiger partial charge < -0.3 is 9.64 Å². The number of nitrogens with zero attached hydrogens (tertiary/aromatic N) is 6. The molecule has 0 aliphatic carbocycles. The van der Waals surface area contributed by atoms with Gasteiger partial charge >= 0.3 is 5.97 Å². The van der Waals surface area contributed by atoms with E-state index >= 15 is 0 Å². The molecule has 0 unspecified atom stereocenters. The van der Waals surface area contributed by atoms with Crippen molar-refractivity contribution in [2.75, 3.05) is 33.5 Å². The maximum atomic E-state index is 12.0. The summed E-state index contributed by atoms with van der Waals surface area (Å²) in [7, 11) is 5.55. The topological polar surface area (TPSA) is 85.5 Å². The predicted molar refractivity (Wildman–Crippen MR) is 137 cm³/mol. The van der Waals surface area contributed by atoms with Crippen molar-refractivity contribution in [1.82, 2.24) is 24.6 Å². The molecule has 8 nitrogen and oxygen atoms in total. The first kappa shape index (κ1) is 24.6. The first-order valence-electron chi connectivity index (χ1n) is 11.1. The standard InChI is InChI=1S/C24H27BrN6O2S/c1-30(2)13-6-14-34-24-29-28-23-19(9-11-21(32)33-3)27-22(18-7-4-5-12-26-18)17-15-16(25)8-10-20(17)31(23)24/h4-5,7-8,10,12,15,19H,6,9,11,13-14H2,1-3H3/t19-/m0/s1. The number of fused-ring (bicyclic) bond motifs is 3. The van der Waals surface area contributed by atoms with Gasteiger partial charge in [0.1, 0.15) is 6.04 Å². The summed E-state index contributed by atoms with van der Waals surface area (Å²) < 4.78 is 7.91. The average Bonchev–Trinajstić information content (AvgIpc) is 3.20. The molecule has 178 valence electrons. The molecule has 0 saturated carbocycles. The summed E-state index contributed by atoms with van der Waals surface area (Å²) in [6, 6.07) is 11.5. The quantitative estimate of drug-likeness (QED) is 0.226. The van der Waals surface area contributed by atoms with Crippen molar-refractivity contribution in [3.05, 3.63) is 64.1 Å². The fraction of sp³-hybridized carbons (Fsp3) is 0.375. The molecule has 3 aromatic rings. The molecule has 0 bridgehead atoms. The lowest BCUT2D eigenvalue weighted by atomic mass is 10.0. The molecule has 10 heteroatoms. The Labute approximate surface area is 212 Å². The minimum atomic E-state index is -0.370. The second-order valence-corrected chi connectivity index (χ2v) is 10.1. The van der Waals surface area contributed by atoms with E-state index in [0.717, 1.165) is 51.0 Å². The molecule has 0 radical (unpaired) electrons. The third-order valence-electron chi connectivity index (χ3n) is 5.43. The second kappa shape index (κ2) is 11.2. The number of carbonyl (C=O) groups excluding carboxylic acids is 1. The highest BCUT2D eigenvalue weighted by Crippen LogP contribution is 2.36. The number of aliphatic imine (C=N–C) groups is 1. The summed E-state index contributed by atoms with van der Waals surface area (Å²) in [6.45, 7) is 1.01. The largest absolute Gasteiger partial charge is 0.469 e. The first-order chi connectivity index (χ1) is 16.5. The van der Waals surface area contributed by atoms with Gasteiger partial charge in [-0.2, -0.15) is 0 Å². The Balaban J connectivity index is 1.81. The third-order valence-corrected chi connectivity index (χ3v) is 6.94. The van der Waals surface area contributed by atoms with Crippen LogP contribution in [0.3, 0.4) is 0 Å². The maximum Gasteiger partial charge on any atom is 0.305 e. The molecule has 1 aliphatic heterocycles. The molecule has 4 rings (SSSR count). The summed E-state index contributed by atoms with van der Waals surface area (Å²) in [5.41, 5.74) is 3.41. The van der Waals surface area contributed by atoms with Crippen LogP contribution in [0.15, 0.2) is 57.2 Å². The molecule has 0 saturated heterocycles. The van der Waals surface area contributed by atoms with E-state index in [9.17, 15) is 4.79 Å². The van der Waals surface area contributed by atoms with Gasteiger partial charge in [0.25, 0.3) is 0 Å². The molecule has 1 aliphatic rings. The van der Waals surface area contributed by atoms with Crippen molar-refractivity contribution in [2.24, 2.45) is 4.99 Å². The van der Waals surface area contributed by atoms with Crippen LogP contribution in [0.1, 0.15) is 42.4 Å². The van der Waals surface area contributed by atoms with Gasteiger partial charge in [0.15, 0.2) is 11.0 Å². The molecule has 3 heterocycles. The molecule has 2 aromatic heterocycles. The molecular formula is C24H27BrN6O2S. The van der Waals surface area contributed by atoms with Crippen LogP contribution in [0.25, 0.3) is 5.69 Å². The molecule has 1 aromatic carbocycles. The zero-order valence-corrected chi connectivity index (χ0v) is 21.8. The van der Waals surface area contributed by atoms with Gasteiger partial charge in [-0.05, 0) is 63.8 Å². The Morgan fingerprint density at radius 1 is 1.24 bits per heavy atom. The monoisotopic (exact) mass is 542 g/mol. The van der Waals surface area contributed by atoms with E-state index in [1.807, 2.05) is 24.3 Å². The van der Waals surface area contributed by atoms with E-state index in [2.05, 4.69) is 66.8 Å². The number of aromatic nitrogens is 4. The molecule has 1 atom stereocenters. The number of thioether (sulfide) groups is 1. The Morgan fingerprint density at radius 2 is 2.09 bits per heavy atom. The number of rotatable bonds is 9. The summed E-state index contributed by atoms with van der Waals surface area (Å²) in [6.07, 6.45) is 3.49. The average molecular weight is 543 g/mol. The number of ether oxygens (including phenoxy) is 1. The lowest BCUT2D eigenvalue weighted by molar-refractivity contribution is -0.140. The van der Waals surface area contributed by atoms with Crippen LogP contribution in [0, 0.1) is 0 Å². The number of hydrogen-bond donors (Lipinski definition) is 0. The SMILES string of the molecule is COC(=O)CC[C@@H]1N=C(c2ccccn2)c2cc(Br)ccc2-n2c(SCCCN(C)C)nnc21. The first-order valence-corrected chi connectivity index (χ1v) is 12.8. The smallest absolute Gasteiger partial charge is 0.305 e. The van der Waals surface area contributed by atoms with E-state index in [1.54, 1.807) is 18.0 Å².